The molecule has 1 aromatic carbocycles. The number of aliphatic imine (C=N–C) groups is 1. The summed E-state index contributed by atoms with van der Waals surface area (Å²) in [4.78, 5) is 10.4. The lowest BCUT2D eigenvalue weighted by atomic mass is 9.97. The van der Waals surface area contributed by atoms with E-state index in [1.807, 2.05) is 6.07 Å². The van der Waals surface area contributed by atoms with Gasteiger partial charge in [-0.15, -0.1) is 11.3 Å². The monoisotopic (exact) mass is 323 g/mol. The van der Waals surface area contributed by atoms with Gasteiger partial charge in [-0.25, -0.2) is 4.98 Å². The van der Waals surface area contributed by atoms with Gasteiger partial charge in [0.2, 0.25) is 0 Å². The Morgan fingerprint density at radius 1 is 1.35 bits per heavy atom. The molecule has 1 aliphatic rings. The van der Waals surface area contributed by atoms with Gasteiger partial charge >= 0.3 is 0 Å². The standard InChI is InChI=1S/C19H21N3S/c1-4-15(14-8-6-5-7-9-14)13(2)18(20-3)19-22-16-10-11-21-12-17(16)23-19/h4-9,21H,3,10-12H2,1-2H3/b15-4+,18-13-. The molecule has 0 spiro atoms. The highest BCUT2D eigenvalue weighted by molar-refractivity contribution is 7.12. The van der Waals surface area contributed by atoms with Crippen molar-refractivity contribution in [2.24, 2.45) is 4.99 Å². The second-order valence-electron chi connectivity index (χ2n) is 5.52. The normalized spacial score (nSPS) is 15.8. The third-order valence-corrected chi connectivity index (χ3v) is 5.20. The highest BCUT2D eigenvalue weighted by Crippen LogP contribution is 2.34. The fraction of sp³-hybridized carbons (Fsp3) is 0.263. The number of nitrogens with zero attached hydrogens (tertiary/aromatic N) is 2. The van der Waals surface area contributed by atoms with Crippen LogP contribution >= 0.6 is 11.3 Å². The predicted octanol–water partition coefficient (Wildman–Crippen LogP) is 4.32. The predicted molar refractivity (Wildman–Crippen MR) is 99.8 cm³/mol. The van der Waals surface area contributed by atoms with Crippen LogP contribution < -0.4 is 5.32 Å². The highest BCUT2D eigenvalue weighted by atomic mass is 32.1. The minimum Gasteiger partial charge on any atom is -0.311 e. The number of aromatic nitrogens is 1. The van der Waals surface area contributed by atoms with Gasteiger partial charge in [-0.3, -0.25) is 4.99 Å². The molecule has 3 nitrogen and oxygen atoms in total. The molecule has 3 rings (SSSR count). The first-order valence-corrected chi connectivity index (χ1v) is 8.65. The van der Waals surface area contributed by atoms with Crippen LogP contribution in [-0.4, -0.2) is 18.2 Å². The molecular formula is C19H21N3S. The Labute approximate surface area is 141 Å². The molecule has 0 saturated carbocycles. The Kier molecular flexibility index (Phi) is 4.84. The number of benzene rings is 1. The first-order chi connectivity index (χ1) is 11.2. The number of nitrogens with one attached hydrogen (secondary N) is 1. The quantitative estimate of drug-likeness (QED) is 0.672. The number of rotatable bonds is 4. The Hall–Kier alpha value is -2.04. The van der Waals surface area contributed by atoms with Gasteiger partial charge in [-0.2, -0.15) is 0 Å². The van der Waals surface area contributed by atoms with E-state index < -0.39 is 0 Å². The van der Waals surface area contributed by atoms with E-state index >= 15 is 0 Å². The highest BCUT2D eigenvalue weighted by Gasteiger charge is 2.19. The molecule has 1 aromatic heterocycles. The summed E-state index contributed by atoms with van der Waals surface area (Å²) in [5.41, 5.74) is 5.59. The summed E-state index contributed by atoms with van der Waals surface area (Å²) in [7, 11) is 0. The molecule has 1 aliphatic heterocycles. The first-order valence-electron chi connectivity index (χ1n) is 7.84. The topological polar surface area (TPSA) is 37.3 Å². The van der Waals surface area contributed by atoms with E-state index in [4.69, 9.17) is 4.98 Å². The fourth-order valence-electron chi connectivity index (χ4n) is 2.92. The van der Waals surface area contributed by atoms with Gasteiger partial charge in [0.25, 0.3) is 0 Å². The maximum Gasteiger partial charge on any atom is 0.142 e. The maximum atomic E-state index is 4.81. The van der Waals surface area contributed by atoms with Crippen molar-refractivity contribution in [1.29, 1.82) is 0 Å². The van der Waals surface area contributed by atoms with E-state index in [0.29, 0.717) is 0 Å². The van der Waals surface area contributed by atoms with E-state index in [0.717, 1.165) is 35.8 Å². The number of hydrogen-bond donors (Lipinski definition) is 1. The zero-order valence-corrected chi connectivity index (χ0v) is 14.4. The summed E-state index contributed by atoms with van der Waals surface area (Å²) in [6.07, 6.45) is 3.12. The second kappa shape index (κ2) is 7.02. The summed E-state index contributed by atoms with van der Waals surface area (Å²) in [6, 6.07) is 10.4. The molecule has 1 N–H and O–H groups in total. The van der Waals surface area contributed by atoms with Crippen LogP contribution in [0.5, 0.6) is 0 Å². The Morgan fingerprint density at radius 2 is 2.13 bits per heavy atom. The van der Waals surface area contributed by atoms with Gasteiger partial charge in [0.05, 0.1) is 5.69 Å². The molecule has 0 atom stereocenters. The van der Waals surface area contributed by atoms with Crippen molar-refractivity contribution >= 4 is 29.3 Å². The molecule has 0 radical (unpaired) electrons. The Bertz CT molecular complexity index is 746. The van der Waals surface area contributed by atoms with Crippen LogP contribution in [0.25, 0.3) is 11.3 Å². The Balaban J connectivity index is 2.05. The fourth-order valence-corrected chi connectivity index (χ4v) is 4.06. The lowest BCUT2D eigenvalue weighted by Gasteiger charge is -2.10. The molecule has 118 valence electrons. The van der Waals surface area contributed by atoms with Gasteiger partial charge < -0.3 is 5.32 Å². The number of allylic oxidation sites excluding steroid dienone is 3. The molecule has 23 heavy (non-hydrogen) atoms. The molecule has 2 heterocycles. The van der Waals surface area contributed by atoms with Crippen molar-refractivity contribution in [3.63, 3.8) is 0 Å². The minimum absolute atomic E-state index is 0.890. The lowest BCUT2D eigenvalue weighted by Crippen LogP contribution is -2.22. The molecule has 0 aliphatic carbocycles. The van der Waals surface area contributed by atoms with Gasteiger partial charge in [-0.05, 0) is 37.3 Å². The number of fused-ring (bicyclic) bond motifs is 1. The zero-order chi connectivity index (χ0) is 16.2. The summed E-state index contributed by atoms with van der Waals surface area (Å²) in [5.74, 6) is 0. The van der Waals surface area contributed by atoms with Crippen molar-refractivity contribution in [2.45, 2.75) is 26.8 Å². The van der Waals surface area contributed by atoms with Crippen LogP contribution in [0.4, 0.5) is 0 Å². The van der Waals surface area contributed by atoms with E-state index in [9.17, 15) is 0 Å². The van der Waals surface area contributed by atoms with Crippen LogP contribution in [0.1, 0.15) is 35.0 Å². The van der Waals surface area contributed by atoms with Gasteiger partial charge in [0.15, 0.2) is 0 Å². The second-order valence-corrected chi connectivity index (χ2v) is 6.60. The molecule has 4 heteroatoms. The number of thiazole rings is 1. The van der Waals surface area contributed by atoms with Crippen LogP contribution in [0.2, 0.25) is 0 Å². The third-order valence-electron chi connectivity index (χ3n) is 4.10. The molecule has 0 saturated heterocycles. The summed E-state index contributed by atoms with van der Waals surface area (Å²) < 4.78 is 0. The van der Waals surface area contributed by atoms with Crippen LogP contribution in [-0.2, 0) is 13.0 Å². The van der Waals surface area contributed by atoms with E-state index in [-0.39, 0.29) is 0 Å². The van der Waals surface area contributed by atoms with Gasteiger partial charge in [0.1, 0.15) is 10.7 Å². The van der Waals surface area contributed by atoms with Crippen molar-refractivity contribution in [3.8, 4) is 0 Å². The average Bonchev–Trinajstić information content (AvgIpc) is 3.01. The van der Waals surface area contributed by atoms with Crippen molar-refractivity contribution in [3.05, 3.63) is 63.1 Å². The smallest absolute Gasteiger partial charge is 0.142 e. The average molecular weight is 323 g/mol. The minimum atomic E-state index is 0.890. The largest absolute Gasteiger partial charge is 0.311 e. The summed E-state index contributed by atoms with van der Waals surface area (Å²) in [5, 5.41) is 4.37. The first kappa shape index (κ1) is 15.8. The third kappa shape index (κ3) is 3.19. The van der Waals surface area contributed by atoms with Crippen molar-refractivity contribution < 1.29 is 0 Å². The molecule has 2 aromatic rings. The van der Waals surface area contributed by atoms with Gasteiger partial charge in [-0.1, -0.05) is 36.4 Å². The van der Waals surface area contributed by atoms with Crippen LogP contribution in [0, 0.1) is 0 Å². The van der Waals surface area contributed by atoms with E-state index in [2.05, 4.69) is 61.2 Å². The van der Waals surface area contributed by atoms with Crippen molar-refractivity contribution in [1.82, 2.24) is 10.3 Å². The summed E-state index contributed by atoms with van der Waals surface area (Å²) >= 11 is 1.73. The Morgan fingerprint density at radius 3 is 2.78 bits per heavy atom. The lowest BCUT2D eigenvalue weighted by molar-refractivity contribution is 0.643. The maximum absolute atomic E-state index is 4.81. The molecule has 0 amide bonds. The van der Waals surface area contributed by atoms with E-state index in [1.54, 1.807) is 11.3 Å². The molecule has 0 bridgehead atoms. The molecular weight excluding hydrogens is 302 g/mol. The van der Waals surface area contributed by atoms with E-state index in [1.165, 1.54) is 21.7 Å². The number of hydrogen-bond acceptors (Lipinski definition) is 4. The summed E-state index contributed by atoms with van der Waals surface area (Å²) in [6.45, 7) is 9.86. The van der Waals surface area contributed by atoms with Crippen molar-refractivity contribution in [2.75, 3.05) is 6.54 Å². The van der Waals surface area contributed by atoms with Crippen LogP contribution in [0.15, 0.2) is 47.0 Å². The SMILES string of the molecule is C=N/C(=C(C)\C(=C/C)c1ccccc1)c1nc2c(s1)CNCC2. The zero-order valence-electron chi connectivity index (χ0n) is 13.6. The van der Waals surface area contributed by atoms with Gasteiger partial charge in [0, 0.05) is 24.4 Å². The molecule has 0 unspecified atom stereocenters. The van der Waals surface area contributed by atoms with Crippen LogP contribution in [0.3, 0.4) is 0 Å². The molecule has 0 fully saturated rings.